The van der Waals surface area contributed by atoms with Crippen LogP contribution in [0.15, 0.2) is 23.8 Å². The van der Waals surface area contributed by atoms with E-state index in [1.165, 1.54) is 0 Å². The molecule has 1 spiro atoms. The van der Waals surface area contributed by atoms with Gasteiger partial charge in [-0.2, -0.15) is 0 Å². The summed E-state index contributed by atoms with van der Waals surface area (Å²) in [5, 5.41) is 20.3. The van der Waals surface area contributed by atoms with Crippen molar-refractivity contribution in [2.45, 2.75) is 97.9 Å². The van der Waals surface area contributed by atoms with Crippen LogP contribution >= 0.6 is 0 Å². The van der Waals surface area contributed by atoms with Gasteiger partial charge in [0, 0.05) is 13.0 Å². The van der Waals surface area contributed by atoms with E-state index in [4.69, 9.17) is 4.74 Å². The van der Waals surface area contributed by atoms with Crippen LogP contribution in [0.5, 0.6) is 0 Å². The van der Waals surface area contributed by atoms with E-state index in [9.17, 15) is 15.0 Å². The third-order valence-electron chi connectivity index (χ3n) is 10.1. The number of Topliss-reactive ketones (excluding diaryl/α,β-unsaturated/α-hetero) is 1. The van der Waals surface area contributed by atoms with Crippen molar-refractivity contribution in [2.75, 3.05) is 6.61 Å². The van der Waals surface area contributed by atoms with Crippen LogP contribution in [-0.4, -0.2) is 40.4 Å². The summed E-state index contributed by atoms with van der Waals surface area (Å²) >= 11 is 0. The molecule has 9 atom stereocenters. The number of hydrogen-bond acceptors (Lipinski definition) is 4. The van der Waals surface area contributed by atoms with Gasteiger partial charge in [-0.1, -0.05) is 46.8 Å². The number of carbonyl (C=O) groups excluding carboxylic acids is 1. The van der Waals surface area contributed by atoms with Crippen LogP contribution in [-0.2, 0) is 9.53 Å². The molecule has 1 heterocycles. The van der Waals surface area contributed by atoms with Gasteiger partial charge in [-0.3, -0.25) is 4.79 Å². The summed E-state index contributed by atoms with van der Waals surface area (Å²) in [6.45, 7) is 13.6. The highest BCUT2D eigenvalue weighted by atomic mass is 16.6. The maximum atomic E-state index is 14.0. The molecule has 2 saturated carbocycles. The van der Waals surface area contributed by atoms with E-state index in [2.05, 4.69) is 59.8 Å². The fourth-order valence-corrected chi connectivity index (χ4v) is 7.40. The lowest BCUT2D eigenvalue weighted by Gasteiger charge is -2.46. The van der Waals surface area contributed by atoms with Crippen LogP contribution in [0, 0.1) is 40.4 Å². The second-order valence-corrected chi connectivity index (χ2v) is 12.2. The van der Waals surface area contributed by atoms with Crippen LogP contribution in [0.2, 0.25) is 0 Å². The summed E-state index contributed by atoms with van der Waals surface area (Å²) in [7, 11) is 0. The maximum Gasteiger partial charge on any atom is 0.167 e. The molecule has 3 fully saturated rings. The Labute approximate surface area is 194 Å². The summed E-state index contributed by atoms with van der Waals surface area (Å²) < 4.78 is 6.17. The fraction of sp³-hybridized carbons (Fsp3) is 0.821. The van der Waals surface area contributed by atoms with Gasteiger partial charge in [0.15, 0.2) is 5.78 Å². The van der Waals surface area contributed by atoms with Crippen molar-refractivity contribution in [1.29, 1.82) is 0 Å². The van der Waals surface area contributed by atoms with Gasteiger partial charge in [0.25, 0.3) is 0 Å². The van der Waals surface area contributed by atoms with Crippen molar-refractivity contribution in [1.82, 2.24) is 0 Å². The molecular weight excluding hydrogens is 400 g/mol. The first-order valence-electron chi connectivity index (χ1n) is 12.9. The molecular formula is C28H44O4. The quantitative estimate of drug-likeness (QED) is 0.424. The standard InChI is InChI=1S/C28H44O4/c1-17(2)18(3)7-8-19(4)22-9-10-23(26(22,5)13-14-29)21-15-24-28(32-24)16-20(30)11-12-27(28,6)25(21)31/h7-8,15,17-20,22-24,29-30H,9-14,16H2,1-6H3/b8-7+/t18-,19+,20-,22+,23-,24-,26+,27+,28-/m0/s1. The molecule has 0 bridgehead atoms. The molecule has 0 aromatic rings. The van der Waals surface area contributed by atoms with E-state index in [-0.39, 0.29) is 35.9 Å². The molecule has 180 valence electrons. The Morgan fingerprint density at radius 2 is 1.88 bits per heavy atom. The minimum atomic E-state index is -0.530. The molecule has 3 aliphatic carbocycles. The first-order valence-corrected chi connectivity index (χ1v) is 12.9. The van der Waals surface area contributed by atoms with Crippen molar-refractivity contribution >= 4 is 5.78 Å². The molecule has 0 radical (unpaired) electrons. The van der Waals surface area contributed by atoms with E-state index in [1.807, 2.05) is 0 Å². The molecule has 4 heteroatoms. The average Bonchev–Trinajstić information content (AvgIpc) is 3.33. The van der Waals surface area contributed by atoms with Gasteiger partial charge in [-0.25, -0.2) is 0 Å². The van der Waals surface area contributed by atoms with Crippen molar-refractivity contribution < 1.29 is 19.7 Å². The second kappa shape index (κ2) is 8.36. The van der Waals surface area contributed by atoms with Crippen LogP contribution in [0.4, 0.5) is 0 Å². The molecule has 32 heavy (non-hydrogen) atoms. The number of ketones is 1. The lowest BCUT2D eigenvalue weighted by molar-refractivity contribution is -0.134. The molecule has 0 aromatic carbocycles. The number of carbonyl (C=O) groups is 1. The second-order valence-electron chi connectivity index (χ2n) is 12.2. The van der Waals surface area contributed by atoms with Crippen LogP contribution in [0.3, 0.4) is 0 Å². The van der Waals surface area contributed by atoms with Gasteiger partial charge in [-0.05, 0) is 85.7 Å². The predicted octanol–water partition coefficient (Wildman–Crippen LogP) is 5.08. The maximum absolute atomic E-state index is 14.0. The van der Waals surface area contributed by atoms with Gasteiger partial charge in [0.05, 0.1) is 11.5 Å². The lowest BCUT2D eigenvalue weighted by Crippen LogP contribution is -2.53. The SMILES string of the molecule is CC(C)[C@@H](C)/C=C/[C@@H](C)[C@H]1CC[C@@H](C2=C[C@@H]3O[C@@]34C[C@@H](O)CC[C@]4(C)C2=O)[C@]1(C)CCO. The Morgan fingerprint density at radius 1 is 1.16 bits per heavy atom. The van der Waals surface area contributed by atoms with Gasteiger partial charge < -0.3 is 14.9 Å². The summed E-state index contributed by atoms with van der Waals surface area (Å²) in [5.74, 6) is 2.42. The van der Waals surface area contributed by atoms with Crippen LogP contribution in [0.1, 0.15) is 80.1 Å². The van der Waals surface area contributed by atoms with E-state index in [0.717, 1.165) is 24.8 Å². The Hall–Kier alpha value is -0.970. The number of rotatable bonds is 7. The zero-order chi connectivity index (χ0) is 23.5. The minimum absolute atomic E-state index is 0.0446. The van der Waals surface area contributed by atoms with Crippen molar-refractivity contribution in [3.63, 3.8) is 0 Å². The molecule has 2 N–H and O–H groups in total. The molecule has 0 aromatic heterocycles. The summed E-state index contributed by atoms with van der Waals surface area (Å²) in [5.41, 5.74) is -0.176. The van der Waals surface area contributed by atoms with Gasteiger partial charge in [0.2, 0.25) is 0 Å². The molecule has 0 amide bonds. The number of epoxide rings is 1. The summed E-state index contributed by atoms with van der Waals surface area (Å²) in [6.07, 6.45) is 11.2. The summed E-state index contributed by atoms with van der Waals surface area (Å²) in [4.78, 5) is 14.0. The highest BCUT2D eigenvalue weighted by Gasteiger charge is 2.73. The Morgan fingerprint density at radius 3 is 2.53 bits per heavy atom. The topological polar surface area (TPSA) is 70.1 Å². The molecule has 0 unspecified atom stereocenters. The molecule has 4 nitrogen and oxygen atoms in total. The number of aliphatic hydroxyl groups excluding tert-OH is 2. The largest absolute Gasteiger partial charge is 0.396 e. The third-order valence-corrected chi connectivity index (χ3v) is 10.1. The smallest absolute Gasteiger partial charge is 0.167 e. The van der Waals surface area contributed by atoms with E-state index >= 15 is 0 Å². The number of allylic oxidation sites excluding steroid dienone is 3. The monoisotopic (exact) mass is 444 g/mol. The van der Waals surface area contributed by atoms with Crippen molar-refractivity contribution in [3.05, 3.63) is 23.8 Å². The minimum Gasteiger partial charge on any atom is -0.396 e. The highest BCUT2D eigenvalue weighted by Crippen LogP contribution is 2.65. The van der Waals surface area contributed by atoms with Gasteiger partial charge >= 0.3 is 0 Å². The first kappa shape index (κ1) is 24.2. The van der Waals surface area contributed by atoms with Crippen LogP contribution in [0.25, 0.3) is 0 Å². The highest BCUT2D eigenvalue weighted by molar-refractivity contribution is 6.03. The Balaban J connectivity index is 1.61. The predicted molar refractivity (Wildman–Crippen MR) is 127 cm³/mol. The normalized spacial score (nSPS) is 45.5. The summed E-state index contributed by atoms with van der Waals surface area (Å²) in [6, 6.07) is 0. The first-order chi connectivity index (χ1) is 15.0. The Bertz CT molecular complexity index is 799. The van der Waals surface area contributed by atoms with Crippen molar-refractivity contribution in [2.24, 2.45) is 40.4 Å². The third kappa shape index (κ3) is 3.56. The van der Waals surface area contributed by atoms with Crippen LogP contribution < -0.4 is 0 Å². The zero-order valence-electron chi connectivity index (χ0n) is 20.9. The number of aliphatic hydroxyl groups is 2. The lowest BCUT2D eigenvalue weighted by atomic mass is 9.55. The zero-order valence-corrected chi connectivity index (χ0v) is 20.9. The molecule has 4 rings (SSSR count). The molecule has 1 aliphatic heterocycles. The number of ether oxygens (including phenoxy) is 1. The molecule has 1 saturated heterocycles. The van der Waals surface area contributed by atoms with E-state index < -0.39 is 11.0 Å². The molecule has 4 aliphatic rings. The number of hydrogen-bond donors (Lipinski definition) is 2. The van der Waals surface area contributed by atoms with E-state index in [0.29, 0.717) is 42.9 Å². The van der Waals surface area contributed by atoms with Crippen molar-refractivity contribution in [3.8, 4) is 0 Å². The van der Waals surface area contributed by atoms with E-state index in [1.54, 1.807) is 0 Å². The van der Waals surface area contributed by atoms with Gasteiger partial charge in [-0.15, -0.1) is 0 Å². The van der Waals surface area contributed by atoms with Gasteiger partial charge in [0.1, 0.15) is 11.7 Å². The average molecular weight is 445 g/mol. The Kier molecular flexibility index (Phi) is 6.31. The fourth-order valence-electron chi connectivity index (χ4n) is 7.40.